The second-order valence-corrected chi connectivity index (χ2v) is 5.47. The molecule has 0 saturated carbocycles. The number of aryl methyl sites for hydroxylation is 1. The van der Waals surface area contributed by atoms with Crippen LogP contribution in [0.5, 0.6) is 0 Å². The molecule has 1 N–H and O–H groups in total. The van der Waals surface area contributed by atoms with E-state index in [1.165, 1.54) is 6.20 Å². The van der Waals surface area contributed by atoms with Crippen molar-refractivity contribution in [2.24, 2.45) is 0 Å². The zero-order valence-electron chi connectivity index (χ0n) is 12.7. The van der Waals surface area contributed by atoms with Crippen molar-refractivity contribution in [2.45, 2.75) is 6.92 Å². The summed E-state index contributed by atoms with van der Waals surface area (Å²) in [6, 6.07) is 10.4. The molecule has 122 valence electrons. The third-order valence-corrected chi connectivity index (χ3v) is 3.58. The van der Waals surface area contributed by atoms with Crippen molar-refractivity contribution < 1.29 is 18.7 Å². The molecule has 0 aliphatic carbocycles. The van der Waals surface area contributed by atoms with Crippen molar-refractivity contribution in [3.05, 3.63) is 58.9 Å². The molecule has 3 rings (SSSR count). The van der Waals surface area contributed by atoms with E-state index in [1.807, 2.05) is 18.2 Å². The first-order valence-electron chi connectivity index (χ1n) is 7.11. The molecule has 0 spiro atoms. The van der Waals surface area contributed by atoms with Crippen LogP contribution in [-0.2, 0) is 9.53 Å². The summed E-state index contributed by atoms with van der Waals surface area (Å²) in [5.41, 5.74) is 1.27. The molecule has 0 radical (unpaired) electrons. The van der Waals surface area contributed by atoms with Gasteiger partial charge in [-0.2, -0.15) is 0 Å². The predicted octanol–water partition coefficient (Wildman–Crippen LogP) is 3.59. The fourth-order valence-corrected chi connectivity index (χ4v) is 2.31. The Morgan fingerprint density at radius 1 is 1.25 bits per heavy atom. The summed E-state index contributed by atoms with van der Waals surface area (Å²) in [6.45, 7) is 1.32. The van der Waals surface area contributed by atoms with Crippen LogP contribution in [0.1, 0.15) is 16.1 Å². The molecule has 3 aromatic rings. The van der Waals surface area contributed by atoms with Crippen LogP contribution in [0.25, 0.3) is 11.0 Å². The van der Waals surface area contributed by atoms with Gasteiger partial charge in [0.15, 0.2) is 6.61 Å². The van der Waals surface area contributed by atoms with Gasteiger partial charge in [0.25, 0.3) is 5.91 Å². The topological polar surface area (TPSA) is 81.4 Å². The fraction of sp³-hybridized carbons (Fsp3) is 0.118. The van der Waals surface area contributed by atoms with Gasteiger partial charge in [-0.05, 0) is 25.1 Å². The maximum Gasteiger partial charge on any atom is 0.375 e. The molecule has 0 aliphatic heterocycles. The first-order valence-corrected chi connectivity index (χ1v) is 7.49. The van der Waals surface area contributed by atoms with Crippen LogP contribution in [0.2, 0.25) is 5.02 Å². The minimum absolute atomic E-state index is 0.0913. The van der Waals surface area contributed by atoms with Gasteiger partial charge in [-0.15, -0.1) is 0 Å². The van der Waals surface area contributed by atoms with Crippen molar-refractivity contribution >= 4 is 40.3 Å². The number of amides is 1. The first-order chi connectivity index (χ1) is 11.5. The van der Waals surface area contributed by atoms with Crippen LogP contribution in [0.4, 0.5) is 5.82 Å². The zero-order chi connectivity index (χ0) is 17.1. The van der Waals surface area contributed by atoms with Gasteiger partial charge in [-0.1, -0.05) is 29.8 Å². The van der Waals surface area contributed by atoms with E-state index in [4.69, 9.17) is 20.8 Å². The smallest absolute Gasteiger partial charge is 0.375 e. The second kappa shape index (κ2) is 6.72. The SMILES string of the molecule is Cc1c(C(=O)OCC(=O)Nc2ccc(Cl)cn2)oc2ccccc12. The van der Waals surface area contributed by atoms with Gasteiger partial charge >= 0.3 is 5.97 Å². The lowest BCUT2D eigenvalue weighted by Crippen LogP contribution is -2.21. The molecular formula is C17H13ClN2O4. The minimum atomic E-state index is -0.692. The fourth-order valence-electron chi connectivity index (χ4n) is 2.19. The number of halogens is 1. The average Bonchev–Trinajstić information content (AvgIpc) is 2.92. The van der Waals surface area contributed by atoms with Crippen molar-refractivity contribution in [3.8, 4) is 0 Å². The molecule has 0 bridgehead atoms. The normalized spacial score (nSPS) is 10.6. The third kappa shape index (κ3) is 3.38. The number of fused-ring (bicyclic) bond motifs is 1. The molecule has 1 amide bonds. The molecular weight excluding hydrogens is 332 g/mol. The van der Waals surface area contributed by atoms with Gasteiger partial charge in [0.1, 0.15) is 11.4 Å². The van der Waals surface area contributed by atoms with Crippen LogP contribution in [0.15, 0.2) is 47.0 Å². The second-order valence-electron chi connectivity index (χ2n) is 5.04. The Bertz CT molecular complexity index is 903. The lowest BCUT2D eigenvalue weighted by molar-refractivity contribution is -0.119. The largest absolute Gasteiger partial charge is 0.450 e. The van der Waals surface area contributed by atoms with Gasteiger partial charge in [-0.3, -0.25) is 4.79 Å². The van der Waals surface area contributed by atoms with E-state index in [0.717, 1.165) is 5.39 Å². The summed E-state index contributed by atoms with van der Waals surface area (Å²) in [6.07, 6.45) is 1.40. The van der Waals surface area contributed by atoms with E-state index >= 15 is 0 Å². The van der Waals surface area contributed by atoms with Crippen molar-refractivity contribution in [1.29, 1.82) is 0 Å². The number of nitrogens with one attached hydrogen (secondary N) is 1. The molecule has 0 saturated heterocycles. The number of furan rings is 1. The number of aromatic nitrogens is 1. The Labute approximate surface area is 142 Å². The average molecular weight is 345 g/mol. The van der Waals surface area contributed by atoms with Gasteiger partial charge in [0.05, 0.1) is 5.02 Å². The lowest BCUT2D eigenvalue weighted by Gasteiger charge is -2.05. The highest BCUT2D eigenvalue weighted by Crippen LogP contribution is 2.25. The van der Waals surface area contributed by atoms with E-state index in [1.54, 1.807) is 25.1 Å². The molecule has 1 aromatic carbocycles. The quantitative estimate of drug-likeness (QED) is 0.731. The summed E-state index contributed by atoms with van der Waals surface area (Å²) in [7, 11) is 0. The Morgan fingerprint density at radius 2 is 2.04 bits per heavy atom. The number of carbonyl (C=O) groups excluding carboxylic acids is 2. The standard InChI is InChI=1S/C17H13ClN2O4/c1-10-12-4-2-3-5-13(12)24-16(10)17(22)23-9-15(21)20-14-7-6-11(18)8-19-14/h2-8H,9H2,1H3,(H,19,20,21). The highest BCUT2D eigenvalue weighted by Gasteiger charge is 2.19. The van der Waals surface area contributed by atoms with Gasteiger partial charge in [0.2, 0.25) is 5.76 Å². The highest BCUT2D eigenvalue weighted by molar-refractivity contribution is 6.30. The summed E-state index contributed by atoms with van der Waals surface area (Å²) < 4.78 is 10.5. The number of para-hydroxylation sites is 1. The molecule has 7 heteroatoms. The molecule has 2 aromatic heterocycles. The number of carbonyl (C=O) groups is 2. The summed E-state index contributed by atoms with van der Waals surface area (Å²) >= 11 is 5.71. The number of rotatable bonds is 4. The molecule has 0 atom stereocenters. The maximum atomic E-state index is 12.1. The zero-order valence-corrected chi connectivity index (χ0v) is 13.5. The minimum Gasteiger partial charge on any atom is -0.450 e. The van der Waals surface area contributed by atoms with E-state index in [9.17, 15) is 9.59 Å². The van der Waals surface area contributed by atoms with E-state index in [-0.39, 0.29) is 5.76 Å². The van der Waals surface area contributed by atoms with Crippen molar-refractivity contribution in [2.75, 3.05) is 11.9 Å². The Hall–Kier alpha value is -2.86. The molecule has 24 heavy (non-hydrogen) atoms. The number of benzene rings is 1. The van der Waals surface area contributed by atoms with E-state index in [2.05, 4.69) is 10.3 Å². The Kier molecular flexibility index (Phi) is 4.48. The van der Waals surface area contributed by atoms with Gasteiger partial charge in [0, 0.05) is 17.1 Å². The van der Waals surface area contributed by atoms with Crippen molar-refractivity contribution in [3.63, 3.8) is 0 Å². The van der Waals surface area contributed by atoms with E-state index < -0.39 is 18.5 Å². The number of nitrogens with zero attached hydrogens (tertiary/aromatic N) is 1. The molecule has 6 nitrogen and oxygen atoms in total. The third-order valence-electron chi connectivity index (χ3n) is 3.36. The Balaban J connectivity index is 1.63. The predicted molar refractivity (Wildman–Crippen MR) is 89.1 cm³/mol. The molecule has 0 unspecified atom stereocenters. The van der Waals surface area contributed by atoms with Crippen LogP contribution in [0.3, 0.4) is 0 Å². The van der Waals surface area contributed by atoms with Crippen LogP contribution in [-0.4, -0.2) is 23.5 Å². The number of esters is 1. The van der Waals surface area contributed by atoms with Gasteiger partial charge in [-0.25, -0.2) is 9.78 Å². The summed E-state index contributed by atoms with van der Waals surface area (Å²) in [4.78, 5) is 27.8. The molecule has 0 aliphatic rings. The number of pyridine rings is 1. The number of ether oxygens (including phenoxy) is 1. The number of hydrogen-bond acceptors (Lipinski definition) is 5. The first kappa shape index (κ1) is 16.0. The summed E-state index contributed by atoms with van der Waals surface area (Å²) in [5.74, 6) is -0.788. The van der Waals surface area contributed by atoms with Crippen LogP contribution in [0, 0.1) is 6.92 Å². The van der Waals surface area contributed by atoms with Gasteiger partial charge < -0.3 is 14.5 Å². The number of anilines is 1. The molecule has 0 fully saturated rings. The monoisotopic (exact) mass is 344 g/mol. The van der Waals surface area contributed by atoms with Crippen LogP contribution < -0.4 is 5.32 Å². The van der Waals surface area contributed by atoms with E-state index in [0.29, 0.717) is 22.0 Å². The Morgan fingerprint density at radius 3 is 2.75 bits per heavy atom. The lowest BCUT2D eigenvalue weighted by atomic mass is 10.1. The summed E-state index contributed by atoms with van der Waals surface area (Å²) in [5, 5.41) is 3.79. The van der Waals surface area contributed by atoms with Crippen molar-refractivity contribution in [1.82, 2.24) is 4.98 Å². The number of hydrogen-bond donors (Lipinski definition) is 1. The molecule has 2 heterocycles. The van der Waals surface area contributed by atoms with Crippen LogP contribution >= 0.6 is 11.6 Å². The maximum absolute atomic E-state index is 12.1. The highest BCUT2D eigenvalue weighted by atomic mass is 35.5.